The van der Waals surface area contributed by atoms with Crippen LogP contribution in [-0.4, -0.2) is 21.2 Å². The first-order valence-corrected chi connectivity index (χ1v) is 10.0. The Morgan fingerprint density at radius 2 is 2.33 bits per heavy atom. The summed E-state index contributed by atoms with van der Waals surface area (Å²) >= 11 is 3.00. The highest BCUT2D eigenvalue weighted by atomic mass is 32.2. The minimum Gasteiger partial charge on any atom is -0.326 e. The minimum atomic E-state index is -0.0823. The van der Waals surface area contributed by atoms with E-state index in [1.165, 1.54) is 23.1 Å². The molecule has 0 saturated carbocycles. The SMILES string of the molecule is CCCn1ccnc1SCC(=O)Nc1sc2c(c1C#N)CCCC2. The molecule has 0 unspecified atom stereocenters. The average Bonchev–Trinajstić information content (AvgIpc) is 3.16. The zero-order valence-electron chi connectivity index (χ0n) is 13.7. The number of imidazole rings is 1. The number of nitrogens with one attached hydrogen (secondary N) is 1. The van der Waals surface area contributed by atoms with Gasteiger partial charge < -0.3 is 9.88 Å². The van der Waals surface area contributed by atoms with E-state index in [1.54, 1.807) is 17.5 Å². The Balaban J connectivity index is 1.64. The average molecular weight is 361 g/mol. The summed E-state index contributed by atoms with van der Waals surface area (Å²) in [6, 6.07) is 2.28. The molecule has 3 rings (SSSR count). The maximum absolute atomic E-state index is 12.3. The predicted octanol–water partition coefficient (Wildman–Crippen LogP) is 3.84. The van der Waals surface area contributed by atoms with Gasteiger partial charge in [-0.2, -0.15) is 5.26 Å². The summed E-state index contributed by atoms with van der Waals surface area (Å²) in [5.74, 6) is 0.217. The quantitative estimate of drug-likeness (QED) is 0.795. The van der Waals surface area contributed by atoms with Gasteiger partial charge in [0.05, 0.1) is 11.3 Å². The Hall–Kier alpha value is -1.78. The molecule has 126 valence electrons. The van der Waals surface area contributed by atoms with E-state index in [4.69, 9.17) is 0 Å². The molecule has 1 aliphatic carbocycles. The van der Waals surface area contributed by atoms with Crippen LogP contribution >= 0.6 is 23.1 Å². The normalized spacial score (nSPS) is 13.3. The number of carbonyl (C=O) groups is 1. The van der Waals surface area contributed by atoms with E-state index in [-0.39, 0.29) is 5.91 Å². The first-order chi connectivity index (χ1) is 11.7. The van der Waals surface area contributed by atoms with Crippen LogP contribution in [0.2, 0.25) is 0 Å². The number of anilines is 1. The van der Waals surface area contributed by atoms with Gasteiger partial charge >= 0.3 is 0 Å². The van der Waals surface area contributed by atoms with E-state index in [0.29, 0.717) is 16.3 Å². The number of carbonyl (C=O) groups excluding carboxylic acids is 1. The van der Waals surface area contributed by atoms with Crippen LogP contribution in [0.4, 0.5) is 5.00 Å². The number of nitriles is 1. The number of thioether (sulfide) groups is 1. The zero-order valence-corrected chi connectivity index (χ0v) is 15.3. The van der Waals surface area contributed by atoms with Gasteiger partial charge in [0, 0.05) is 23.8 Å². The van der Waals surface area contributed by atoms with Crippen molar-refractivity contribution >= 4 is 34.0 Å². The van der Waals surface area contributed by atoms with Crippen LogP contribution in [0.5, 0.6) is 0 Å². The molecule has 0 atom stereocenters. The molecule has 0 aromatic carbocycles. The number of nitrogens with zero attached hydrogens (tertiary/aromatic N) is 3. The van der Waals surface area contributed by atoms with Gasteiger partial charge in [0.2, 0.25) is 5.91 Å². The third kappa shape index (κ3) is 3.65. The van der Waals surface area contributed by atoms with E-state index >= 15 is 0 Å². The highest BCUT2D eigenvalue weighted by molar-refractivity contribution is 7.99. The van der Waals surface area contributed by atoms with Crippen molar-refractivity contribution < 1.29 is 4.79 Å². The van der Waals surface area contributed by atoms with Gasteiger partial charge in [-0.15, -0.1) is 11.3 Å². The van der Waals surface area contributed by atoms with Gasteiger partial charge in [-0.1, -0.05) is 18.7 Å². The Kier molecular flexibility index (Phi) is 5.59. The van der Waals surface area contributed by atoms with Crippen LogP contribution in [0.1, 0.15) is 42.2 Å². The van der Waals surface area contributed by atoms with Gasteiger partial charge in [0.25, 0.3) is 0 Å². The molecule has 0 saturated heterocycles. The Bertz CT molecular complexity index is 772. The van der Waals surface area contributed by atoms with Gasteiger partial charge in [-0.25, -0.2) is 4.98 Å². The maximum atomic E-state index is 12.3. The smallest absolute Gasteiger partial charge is 0.235 e. The second-order valence-corrected chi connectivity index (χ2v) is 7.81. The monoisotopic (exact) mass is 360 g/mol. The molecule has 1 N–H and O–H groups in total. The van der Waals surface area contributed by atoms with Crippen LogP contribution in [-0.2, 0) is 24.2 Å². The summed E-state index contributed by atoms with van der Waals surface area (Å²) in [6.45, 7) is 3.02. The Labute approximate surface area is 150 Å². The molecule has 5 nitrogen and oxygen atoms in total. The fourth-order valence-corrected chi connectivity index (χ4v) is 4.95. The van der Waals surface area contributed by atoms with Gasteiger partial charge in [0.15, 0.2) is 5.16 Å². The van der Waals surface area contributed by atoms with E-state index in [9.17, 15) is 10.1 Å². The molecule has 0 radical (unpaired) electrons. The molecular formula is C17H20N4OS2. The molecule has 0 bridgehead atoms. The number of aromatic nitrogens is 2. The Morgan fingerprint density at radius 1 is 1.50 bits per heavy atom. The summed E-state index contributed by atoms with van der Waals surface area (Å²) in [7, 11) is 0. The molecule has 1 aliphatic rings. The molecule has 24 heavy (non-hydrogen) atoms. The lowest BCUT2D eigenvalue weighted by atomic mass is 9.96. The van der Waals surface area contributed by atoms with Crippen molar-refractivity contribution in [3.8, 4) is 6.07 Å². The van der Waals surface area contributed by atoms with Crippen LogP contribution in [0, 0.1) is 11.3 Å². The van der Waals surface area contributed by atoms with Gasteiger partial charge in [-0.05, 0) is 37.7 Å². The van der Waals surface area contributed by atoms with Gasteiger partial charge in [-0.3, -0.25) is 4.79 Å². The molecule has 0 aliphatic heterocycles. The van der Waals surface area contributed by atoms with Crippen molar-refractivity contribution in [1.29, 1.82) is 5.26 Å². The third-order valence-electron chi connectivity index (χ3n) is 4.01. The van der Waals surface area contributed by atoms with E-state index in [2.05, 4.69) is 27.9 Å². The van der Waals surface area contributed by atoms with Crippen LogP contribution < -0.4 is 5.32 Å². The molecule has 2 aromatic rings. The number of amides is 1. The van der Waals surface area contributed by atoms with Crippen molar-refractivity contribution in [2.75, 3.05) is 11.1 Å². The highest BCUT2D eigenvalue weighted by Gasteiger charge is 2.21. The molecule has 2 aromatic heterocycles. The minimum absolute atomic E-state index is 0.0823. The number of thiophene rings is 1. The lowest BCUT2D eigenvalue weighted by Gasteiger charge is -2.09. The lowest BCUT2D eigenvalue weighted by molar-refractivity contribution is -0.113. The first-order valence-electron chi connectivity index (χ1n) is 8.21. The number of aryl methyl sites for hydroxylation is 2. The largest absolute Gasteiger partial charge is 0.326 e. The molecule has 0 spiro atoms. The van der Waals surface area contributed by atoms with Crippen molar-refractivity contribution in [2.45, 2.75) is 50.7 Å². The number of hydrogen-bond acceptors (Lipinski definition) is 5. The molecule has 7 heteroatoms. The van der Waals surface area contributed by atoms with Crippen molar-refractivity contribution in [1.82, 2.24) is 9.55 Å². The third-order valence-corrected chi connectivity index (χ3v) is 6.22. The highest BCUT2D eigenvalue weighted by Crippen LogP contribution is 2.37. The van der Waals surface area contributed by atoms with Crippen LogP contribution in [0.25, 0.3) is 0 Å². The molecule has 2 heterocycles. The molecule has 0 fully saturated rings. The van der Waals surface area contributed by atoms with Gasteiger partial charge in [0.1, 0.15) is 11.1 Å². The summed E-state index contributed by atoms with van der Waals surface area (Å²) in [6.07, 6.45) is 9.00. The molecule has 1 amide bonds. The van der Waals surface area contributed by atoms with Crippen molar-refractivity contribution in [3.05, 3.63) is 28.4 Å². The topological polar surface area (TPSA) is 70.7 Å². The summed E-state index contributed by atoms with van der Waals surface area (Å²) < 4.78 is 2.06. The second-order valence-electron chi connectivity index (χ2n) is 5.77. The lowest BCUT2D eigenvalue weighted by Crippen LogP contribution is -2.14. The Morgan fingerprint density at radius 3 is 3.12 bits per heavy atom. The fourth-order valence-electron chi connectivity index (χ4n) is 2.91. The van der Waals surface area contributed by atoms with Crippen LogP contribution in [0.3, 0.4) is 0 Å². The van der Waals surface area contributed by atoms with E-state index in [0.717, 1.165) is 42.9 Å². The van der Waals surface area contributed by atoms with E-state index < -0.39 is 0 Å². The van der Waals surface area contributed by atoms with Crippen molar-refractivity contribution in [3.63, 3.8) is 0 Å². The fraction of sp³-hybridized carbons (Fsp3) is 0.471. The van der Waals surface area contributed by atoms with Crippen LogP contribution in [0.15, 0.2) is 17.6 Å². The molecular weight excluding hydrogens is 340 g/mol. The van der Waals surface area contributed by atoms with E-state index in [1.807, 2.05) is 6.20 Å². The standard InChI is InChI=1S/C17H20N4OS2/c1-2-8-21-9-7-19-17(21)23-11-15(22)20-16-13(10-18)12-5-3-4-6-14(12)24-16/h7,9H,2-6,8,11H2,1H3,(H,20,22). The first kappa shape index (κ1) is 17.1. The second kappa shape index (κ2) is 7.86. The number of fused-ring (bicyclic) bond motifs is 1. The maximum Gasteiger partial charge on any atom is 0.235 e. The zero-order chi connectivity index (χ0) is 16.9. The number of hydrogen-bond donors (Lipinski definition) is 1. The summed E-state index contributed by atoms with van der Waals surface area (Å²) in [5, 5.41) is 13.9. The van der Waals surface area contributed by atoms with Crippen molar-refractivity contribution in [2.24, 2.45) is 0 Å². The predicted molar refractivity (Wildman–Crippen MR) is 97.5 cm³/mol. The summed E-state index contributed by atoms with van der Waals surface area (Å²) in [4.78, 5) is 17.8. The number of rotatable bonds is 6. The summed E-state index contributed by atoms with van der Waals surface area (Å²) in [5.41, 5.74) is 1.82.